The zero-order valence-electron chi connectivity index (χ0n) is 17.9. The molecular weight excluding hydrogens is 500 g/mol. The molecule has 4 aromatic rings. The number of nitrogens with zero attached hydrogens (tertiary/aromatic N) is 1. The molecule has 0 spiro atoms. The Labute approximate surface area is 202 Å². The van der Waals surface area contributed by atoms with Gasteiger partial charge in [0.15, 0.2) is 12.0 Å². The highest BCUT2D eigenvalue weighted by atomic mass is 79.9. The molecule has 1 unspecified atom stereocenters. The minimum absolute atomic E-state index is 0.0507. The second kappa shape index (κ2) is 8.79. The number of amides is 2. The minimum atomic E-state index is -0.646. The van der Waals surface area contributed by atoms with Crippen LogP contribution in [0.4, 0.5) is 0 Å². The Hall–Kier alpha value is -3.91. The lowest BCUT2D eigenvalue weighted by molar-refractivity contribution is -0.119. The highest BCUT2D eigenvalue weighted by Crippen LogP contribution is 2.39. The van der Waals surface area contributed by atoms with Crippen molar-refractivity contribution < 1.29 is 18.7 Å². The number of ether oxygens (including phenoxy) is 1. The van der Waals surface area contributed by atoms with Gasteiger partial charge < -0.3 is 19.8 Å². The van der Waals surface area contributed by atoms with Crippen LogP contribution in [0.15, 0.2) is 86.5 Å². The van der Waals surface area contributed by atoms with Gasteiger partial charge in [-0.1, -0.05) is 58.4 Å². The molecule has 34 heavy (non-hydrogen) atoms. The number of primary amides is 1. The van der Waals surface area contributed by atoms with E-state index < -0.39 is 11.9 Å². The van der Waals surface area contributed by atoms with Gasteiger partial charge in [-0.2, -0.15) is 0 Å². The number of halogens is 1. The molecule has 3 aromatic carbocycles. The summed E-state index contributed by atoms with van der Waals surface area (Å²) < 4.78 is 12.1. The number of benzene rings is 3. The van der Waals surface area contributed by atoms with Crippen LogP contribution in [0.5, 0.6) is 5.75 Å². The van der Waals surface area contributed by atoms with Gasteiger partial charge >= 0.3 is 0 Å². The van der Waals surface area contributed by atoms with E-state index in [0.717, 1.165) is 15.6 Å². The topological polar surface area (TPSA) is 103 Å². The van der Waals surface area contributed by atoms with Crippen LogP contribution in [-0.2, 0) is 11.3 Å². The Morgan fingerprint density at radius 3 is 2.47 bits per heavy atom. The van der Waals surface area contributed by atoms with Gasteiger partial charge in [0.2, 0.25) is 5.76 Å². The highest BCUT2D eigenvalue weighted by molar-refractivity contribution is 9.10. The fourth-order valence-corrected chi connectivity index (χ4v) is 4.54. The van der Waals surface area contributed by atoms with E-state index in [2.05, 4.69) is 15.9 Å². The zero-order chi connectivity index (χ0) is 23.8. The Kier molecular flexibility index (Phi) is 5.67. The Morgan fingerprint density at radius 1 is 1.03 bits per heavy atom. The summed E-state index contributed by atoms with van der Waals surface area (Å²) in [4.78, 5) is 39.8. The molecule has 7 nitrogen and oxygen atoms in total. The molecular formula is C26H19BrN2O5. The van der Waals surface area contributed by atoms with Crippen molar-refractivity contribution in [2.45, 2.75) is 12.6 Å². The first-order chi connectivity index (χ1) is 16.4. The van der Waals surface area contributed by atoms with Gasteiger partial charge in [0.05, 0.1) is 17.0 Å². The molecule has 1 aliphatic heterocycles. The van der Waals surface area contributed by atoms with Crippen LogP contribution in [0.25, 0.3) is 11.0 Å². The third-order valence-corrected chi connectivity index (χ3v) is 6.19. The average molecular weight is 519 g/mol. The van der Waals surface area contributed by atoms with Crippen molar-refractivity contribution in [2.24, 2.45) is 5.73 Å². The van der Waals surface area contributed by atoms with Gasteiger partial charge in [-0.15, -0.1) is 0 Å². The molecule has 2 N–H and O–H groups in total. The van der Waals surface area contributed by atoms with E-state index in [9.17, 15) is 14.4 Å². The van der Waals surface area contributed by atoms with Crippen LogP contribution < -0.4 is 15.9 Å². The van der Waals surface area contributed by atoms with Crippen molar-refractivity contribution in [3.05, 3.63) is 110 Å². The van der Waals surface area contributed by atoms with Crippen molar-refractivity contribution in [3.8, 4) is 5.75 Å². The fourth-order valence-electron chi connectivity index (χ4n) is 4.18. The number of carbonyl (C=O) groups excluding carboxylic acids is 2. The second-order valence-corrected chi connectivity index (χ2v) is 8.88. The highest BCUT2D eigenvalue weighted by Gasteiger charge is 2.42. The monoisotopic (exact) mass is 518 g/mol. The molecule has 0 radical (unpaired) electrons. The average Bonchev–Trinajstić information content (AvgIpc) is 3.11. The van der Waals surface area contributed by atoms with Gasteiger partial charge in [0.1, 0.15) is 11.3 Å². The van der Waals surface area contributed by atoms with Crippen LogP contribution in [-0.4, -0.2) is 23.3 Å². The maximum absolute atomic E-state index is 13.6. The van der Waals surface area contributed by atoms with Gasteiger partial charge in [0, 0.05) is 11.0 Å². The SMILES string of the molecule is NC(=O)COc1ccc(C2c3c(oc4ccc(Br)cc4c3=O)C(=O)N2Cc2ccccc2)cc1. The maximum Gasteiger partial charge on any atom is 0.291 e. The van der Waals surface area contributed by atoms with E-state index in [1.165, 1.54) is 0 Å². The molecule has 0 saturated heterocycles. The number of rotatable bonds is 6. The van der Waals surface area contributed by atoms with Crippen LogP contribution >= 0.6 is 15.9 Å². The van der Waals surface area contributed by atoms with E-state index in [1.54, 1.807) is 47.4 Å². The minimum Gasteiger partial charge on any atom is -0.484 e. The first-order valence-electron chi connectivity index (χ1n) is 10.5. The molecule has 0 fully saturated rings. The summed E-state index contributed by atoms with van der Waals surface area (Å²) in [5, 5.41) is 0.397. The summed E-state index contributed by atoms with van der Waals surface area (Å²) in [6.07, 6.45) is 0. The Bertz CT molecular complexity index is 1460. The standard InChI is InChI=1S/C26H19BrN2O5/c27-17-8-11-20-19(12-17)24(31)22-23(16-6-9-18(10-7-16)33-14-21(28)30)29(26(32)25(22)34-20)13-15-4-2-1-3-5-15/h1-12,23H,13-14H2,(H2,28,30). The molecule has 0 aliphatic carbocycles. The van der Waals surface area contributed by atoms with E-state index in [4.69, 9.17) is 14.9 Å². The second-order valence-electron chi connectivity index (χ2n) is 7.96. The van der Waals surface area contributed by atoms with Crippen LogP contribution in [0, 0.1) is 0 Å². The predicted octanol–water partition coefficient (Wildman–Crippen LogP) is 4.17. The summed E-state index contributed by atoms with van der Waals surface area (Å²) in [7, 11) is 0. The number of hydrogen-bond donors (Lipinski definition) is 1. The molecule has 0 bridgehead atoms. The predicted molar refractivity (Wildman–Crippen MR) is 129 cm³/mol. The quantitative estimate of drug-likeness (QED) is 0.412. The first kappa shape index (κ1) is 21.9. The van der Waals surface area contributed by atoms with E-state index in [1.807, 2.05) is 30.3 Å². The number of fused-ring (bicyclic) bond motifs is 2. The molecule has 1 aliphatic rings. The van der Waals surface area contributed by atoms with Crippen LogP contribution in [0.3, 0.4) is 0 Å². The van der Waals surface area contributed by atoms with Crippen molar-refractivity contribution >= 4 is 38.7 Å². The summed E-state index contributed by atoms with van der Waals surface area (Å²) in [5.41, 5.74) is 7.20. The van der Waals surface area contributed by atoms with Crippen molar-refractivity contribution in [3.63, 3.8) is 0 Å². The van der Waals surface area contributed by atoms with Crippen molar-refractivity contribution in [1.82, 2.24) is 4.90 Å². The number of hydrogen-bond acceptors (Lipinski definition) is 5. The molecule has 5 rings (SSSR count). The lowest BCUT2D eigenvalue weighted by Gasteiger charge is -2.25. The lowest BCUT2D eigenvalue weighted by atomic mass is 9.98. The Morgan fingerprint density at radius 2 is 1.76 bits per heavy atom. The summed E-state index contributed by atoms with van der Waals surface area (Å²) in [6.45, 7) is 0.0582. The lowest BCUT2D eigenvalue weighted by Crippen LogP contribution is -2.29. The van der Waals surface area contributed by atoms with Gasteiger partial charge in [-0.3, -0.25) is 14.4 Å². The van der Waals surface area contributed by atoms with Crippen LogP contribution in [0.1, 0.15) is 33.3 Å². The molecule has 2 heterocycles. The smallest absolute Gasteiger partial charge is 0.291 e. The fraction of sp³-hybridized carbons (Fsp3) is 0.115. The van der Waals surface area contributed by atoms with E-state index in [-0.39, 0.29) is 23.7 Å². The van der Waals surface area contributed by atoms with Gasteiger partial charge in [-0.05, 0) is 41.5 Å². The van der Waals surface area contributed by atoms with Gasteiger partial charge in [0.25, 0.3) is 11.8 Å². The number of carbonyl (C=O) groups is 2. The molecule has 1 atom stereocenters. The van der Waals surface area contributed by atoms with Crippen molar-refractivity contribution in [2.75, 3.05) is 6.61 Å². The van der Waals surface area contributed by atoms with E-state index in [0.29, 0.717) is 28.8 Å². The number of nitrogens with two attached hydrogens (primary N) is 1. The van der Waals surface area contributed by atoms with Gasteiger partial charge in [-0.25, -0.2) is 0 Å². The molecule has 170 valence electrons. The summed E-state index contributed by atoms with van der Waals surface area (Å²) in [5.74, 6) is -0.421. The molecule has 2 amide bonds. The first-order valence-corrected chi connectivity index (χ1v) is 11.3. The third-order valence-electron chi connectivity index (χ3n) is 5.70. The maximum atomic E-state index is 13.6. The Balaban J connectivity index is 1.64. The zero-order valence-corrected chi connectivity index (χ0v) is 19.4. The summed E-state index contributed by atoms with van der Waals surface area (Å²) >= 11 is 3.40. The third kappa shape index (κ3) is 3.97. The normalized spacial score (nSPS) is 14.9. The van der Waals surface area contributed by atoms with Crippen molar-refractivity contribution in [1.29, 1.82) is 0 Å². The molecule has 1 aromatic heterocycles. The van der Waals surface area contributed by atoms with E-state index >= 15 is 0 Å². The van der Waals surface area contributed by atoms with Crippen LogP contribution in [0.2, 0.25) is 0 Å². The molecule has 8 heteroatoms. The molecule has 0 saturated carbocycles. The largest absolute Gasteiger partial charge is 0.484 e. The summed E-state index contributed by atoms with van der Waals surface area (Å²) in [6, 6.07) is 21.0.